The molecule has 0 aliphatic carbocycles. The zero-order chi connectivity index (χ0) is 21.0. The van der Waals surface area contributed by atoms with E-state index in [1.165, 1.54) is 5.56 Å². The molecule has 29 heavy (non-hydrogen) atoms. The Balaban J connectivity index is 1.70. The minimum absolute atomic E-state index is 0.327. The highest BCUT2D eigenvalue weighted by molar-refractivity contribution is 6.10. The summed E-state index contributed by atoms with van der Waals surface area (Å²) in [6.07, 6.45) is 1.44. The Hall–Kier alpha value is -3.15. The summed E-state index contributed by atoms with van der Waals surface area (Å²) in [6, 6.07) is 16.2. The van der Waals surface area contributed by atoms with E-state index < -0.39 is 23.4 Å². The Labute approximate surface area is 171 Å². The number of carbonyl (C=O) groups excluding carboxylic acids is 3. The zero-order valence-electron chi connectivity index (χ0n) is 17.1. The number of imide groups is 1. The van der Waals surface area contributed by atoms with Crippen molar-refractivity contribution >= 4 is 23.5 Å². The maximum atomic E-state index is 13.1. The number of nitrogens with zero attached hydrogens (tertiary/aromatic N) is 1. The van der Waals surface area contributed by atoms with Gasteiger partial charge in [0.25, 0.3) is 5.91 Å². The third-order valence-corrected chi connectivity index (χ3v) is 5.65. The van der Waals surface area contributed by atoms with Gasteiger partial charge >= 0.3 is 6.03 Å². The average Bonchev–Trinajstić information content (AvgIpc) is 2.99. The number of anilines is 1. The fourth-order valence-electron chi connectivity index (χ4n) is 3.61. The van der Waals surface area contributed by atoms with Crippen LogP contribution in [0.5, 0.6) is 0 Å². The van der Waals surface area contributed by atoms with Gasteiger partial charge < -0.3 is 10.6 Å². The van der Waals surface area contributed by atoms with Gasteiger partial charge in [0.1, 0.15) is 12.1 Å². The third-order valence-electron chi connectivity index (χ3n) is 5.65. The van der Waals surface area contributed by atoms with Crippen molar-refractivity contribution in [2.24, 2.45) is 0 Å². The molecule has 3 rings (SSSR count). The molecule has 0 radical (unpaired) electrons. The van der Waals surface area contributed by atoms with Crippen LogP contribution in [-0.2, 0) is 15.1 Å². The normalized spacial score (nSPS) is 19.8. The predicted molar refractivity (Wildman–Crippen MR) is 112 cm³/mol. The lowest BCUT2D eigenvalue weighted by Gasteiger charge is -2.25. The van der Waals surface area contributed by atoms with E-state index in [1.807, 2.05) is 61.5 Å². The number of hydrogen-bond acceptors (Lipinski definition) is 3. The van der Waals surface area contributed by atoms with Crippen molar-refractivity contribution in [3.8, 4) is 0 Å². The van der Waals surface area contributed by atoms with Crippen LogP contribution in [0.25, 0.3) is 0 Å². The maximum Gasteiger partial charge on any atom is 0.325 e. The van der Waals surface area contributed by atoms with Gasteiger partial charge in [0.2, 0.25) is 5.91 Å². The van der Waals surface area contributed by atoms with Gasteiger partial charge in [0, 0.05) is 5.69 Å². The van der Waals surface area contributed by atoms with Crippen molar-refractivity contribution in [1.82, 2.24) is 10.2 Å². The number of amides is 4. The van der Waals surface area contributed by atoms with E-state index >= 15 is 0 Å². The first-order chi connectivity index (χ1) is 13.9. The highest BCUT2D eigenvalue weighted by atomic mass is 16.2. The van der Waals surface area contributed by atoms with E-state index in [2.05, 4.69) is 24.5 Å². The number of urea groups is 1. The molecule has 1 aliphatic heterocycles. The molecule has 1 fully saturated rings. The molecule has 2 aromatic carbocycles. The molecule has 0 aromatic heterocycles. The number of rotatable bonds is 7. The lowest BCUT2D eigenvalue weighted by Crippen LogP contribution is -2.44. The van der Waals surface area contributed by atoms with Crippen LogP contribution in [0.4, 0.5) is 10.5 Å². The van der Waals surface area contributed by atoms with Crippen molar-refractivity contribution in [2.45, 2.75) is 45.1 Å². The zero-order valence-corrected chi connectivity index (χ0v) is 17.1. The van der Waals surface area contributed by atoms with E-state index in [0.29, 0.717) is 23.6 Å². The molecule has 0 unspecified atom stereocenters. The first-order valence-electron chi connectivity index (χ1n) is 10.0. The molecule has 2 atom stereocenters. The van der Waals surface area contributed by atoms with Crippen LogP contribution in [0.3, 0.4) is 0 Å². The topological polar surface area (TPSA) is 78.5 Å². The number of carbonyl (C=O) groups is 3. The largest absolute Gasteiger partial charge is 0.325 e. The standard InChI is InChI=1S/C23H27N3O3/c1-4-16(3)17-11-13-19(14-12-17)24-20(27)15-26-21(28)23(5-2,25-22(26)29)18-9-7-6-8-10-18/h6-14,16H,4-5,15H2,1-3H3,(H,24,27)(H,25,29)/t16-,23-/m0/s1. The molecule has 4 amide bonds. The second-order valence-electron chi connectivity index (χ2n) is 7.43. The van der Waals surface area contributed by atoms with Gasteiger partial charge in [-0.3, -0.25) is 14.5 Å². The van der Waals surface area contributed by atoms with E-state index in [4.69, 9.17) is 0 Å². The van der Waals surface area contributed by atoms with Gasteiger partial charge in [0.15, 0.2) is 0 Å². The Morgan fingerprint density at radius 3 is 2.31 bits per heavy atom. The summed E-state index contributed by atoms with van der Waals surface area (Å²) in [5, 5.41) is 5.55. The van der Waals surface area contributed by atoms with Crippen molar-refractivity contribution in [3.63, 3.8) is 0 Å². The molecule has 1 saturated heterocycles. The summed E-state index contributed by atoms with van der Waals surface area (Å²) >= 11 is 0. The fourth-order valence-corrected chi connectivity index (χ4v) is 3.61. The third kappa shape index (κ3) is 4.01. The first kappa shape index (κ1) is 20.6. The lowest BCUT2D eigenvalue weighted by molar-refractivity contribution is -0.134. The second-order valence-corrected chi connectivity index (χ2v) is 7.43. The van der Waals surface area contributed by atoms with E-state index in [9.17, 15) is 14.4 Å². The maximum absolute atomic E-state index is 13.1. The summed E-state index contributed by atoms with van der Waals surface area (Å²) < 4.78 is 0. The monoisotopic (exact) mass is 393 g/mol. The predicted octanol–water partition coefficient (Wildman–Crippen LogP) is 4.00. The summed E-state index contributed by atoms with van der Waals surface area (Å²) in [7, 11) is 0. The number of benzene rings is 2. The Morgan fingerprint density at radius 1 is 1.07 bits per heavy atom. The van der Waals surface area contributed by atoms with E-state index in [-0.39, 0.29) is 6.54 Å². The smallest absolute Gasteiger partial charge is 0.325 e. The van der Waals surface area contributed by atoms with Crippen molar-refractivity contribution in [1.29, 1.82) is 0 Å². The minimum Gasteiger partial charge on any atom is -0.325 e. The van der Waals surface area contributed by atoms with Crippen LogP contribution in [0.1, 0.15) is 50.7 Å². The van der Waals surface area contributed by atoms with Gasteiger partial charge in [-0.1, -0.05) is 63.2 Å². The molecule has 2 aromatic rings. The molecule has 6 heteroatoms. The quantitative estimate of drug-likeness (QED) is 0.698. The van der Waals surface area contributed by atoms with Crippen LogP contribution >= 0.6 is 0 Å². The fraction of sp³-hybridized carbons (Fsp3) is 0.348. The van der Waals surface area contributed by atoms with Crippen molar-refractivity contribution in [2.75, 3.05) is 11.9 Å². The molecular weight excluding hydrogens is 366 g/mol. The van der Waals surface area contributed by atoms with Gasteiger partial charge in [-0.15, -0.1) is 0 Å². The van der Waals surface area contributed by atoms with E-state index in [0.717, 1.165) is 11.3 Å². The average molecular weight is 393 g/mol. The summed E-state index contributed by atoms with van der Waals surface area (Å²) in [4.78, 5) is 39.0. The highest BCUT2D eigenvalue weighted by Gasteiger charge is 2.51. The lowest BCUT2D eigenvalue weighted by atomic mass is 9.87. The van der Waals surface area contributed by atoms with Crippen LogP contribution in [0.2, 0.25) is 0 Å². The summed E-state index contributed by atoms with van der Waals surface area (Å²) in [5.41, 5.74) is 1.43. The summed E-state index contributed by atoms with van der Waals surface area (Å²) in [6.45, 7) is 5.79. The van der Waals surface area contributed by atoms with Crippen LogP contribution in [-0.4, -0.2) is 29.3 Å². The van der Waals surface area contributed by atoms with Gasteiger partial charge in [-0.25, -0.2) is 4.79 Å². The molecule has 2 N–H and O–H groups in total. The Kier molecular flexibility index (Phi) is 6.01. The second kappa shape index (κ2) is 8.47. The minimum atomic E-state index is -1.13. The van der Waals surface area contributed by atoms with Gasteiger partial charge in [-0.05, 0) is 42.0 Å². The molecular formula is C23H27N3O3. The molecule has 0 saturated carbocycles. The molecule has 1 aliphatic rings. The molecule has 0 bridgehead atoms. The number of hydrogen-bond donors (Lipinski definition) is 2. The molecule has 0 spiro atoms. The Morgan fingerprint density at radius 2 is 1.72 bits per heavy atom. The molecule has 152 valence electrons. The SMILES string of the molecule is CC[C@H](C)c1ccc(NC(=O)CN2C(=O)N[C@@](CC)(c3ccccc3)C2=O)cc1. The van der Waals surface area contributed by atoms with Crippen LogP contribution in [0, 0.1) is 0 Å². The highest BCUT2D eigenvalue weighted by Crippen LogP contribution is 2.32. The number of nitrogens with one attached hydrogen (secondary N) is 2. The van der Waals surface area contributed by atoms with Crippen molar-refractivity contribution < 1.29 is 14.4 Å². The van der Waals surface area contributed by atoms with Crippen molar-refractivity contribution in [3.05, 3.63) is 65.7 Å². The van der Waals surface area contributed by atoms with Crippen LogP contribution < -0.4 is 10.6 Å². The Bertz CT molecular complexity index is 895. The molecule has 1 heterocycles. The van der Waals surface area contributed by atoms with Crippen LogP contribution in [0.15, 0.2) is 54.6 Å². The van der Waals surface area contributed by atoms with Gasteiger partial charge in [-0.2, -0.15) is 0 Å². The van der Waals surface area contributed by atoms with Gasteiger partial charge in [0.05, 0.1) is 0 Å². The van der Waals surface area contributed by atoms with E-state index in [1.54, 1.807) is 0 Å². The summed E-state index contributed by atoms with van der Waals surface area (Å²) in [5.74, 6) is -0.367. The molecule has 6 nitrogen and oxygen atoms in total. The first-order valence-corrected chi connectivity index (χ1v) is 10.0.